The molecule has 0 spiro atoms. The number of carbonyl (C=O) groups excluding carboxylic acids is 1. The highest BCUT2D eigenvalue weighted by Crippen LogP contribution is 2.19. The van der Waals surface area contributed by atoms with Gasteiger partial charge in [0.15, 0.2) is 11.5 Å². The number of hydrogen-bond donors (Lipinski definition) is 3. The Morgan fingerprint density at radius 2 is 1.93 bits per heavy atom. The van der Waals surface area contributed by atoms with Crippen LogP contribution in [0.4, 0.5) is 11.5 Å². The zero-order chi connectivity index (χ0) is 20.1. The van der Waals surface area contributed by atoms with Crippen LogP contribution in [0.5, 0.6) is 0 Å². The van der Waals surface area contributed by atoms with Crippen molar-refractivity contribution in [2.45, 2.75) is 6.04 Å². The quantitative estimate of drug-likeness (QED) is 0.527. The standard InChI is InChI=1S/C17H19N7O3S/c1-28(26,27)22-10-14(12-5-3-2-4-6-12)24-11-13(9-21-24)23-17(25)15-16(18)20-8-7-19-15/h2-9,11,14,22H,10H2,1H3,(H2,18,20)(H,23,25). The molecule has 1 atom stereocenters. The van der Waals surface area contributed by atoms with Crippen LogP contribution in [0, 0.1) is 0 Å². The number of benzene rings is 1. The molecule has 146 valence electrons. The van der Waals surface area contributed by atoms with Crippen LogP contribution in [0.1, 0.15) is 22.1 Å². The van der Waals surface area contributed by atoms with Crippen LogP contribution in [0.2, 0.25) is 0 Å². The van der Waals surface area contributed by atoms with Crippen molar-refractivity contribution in [2.24, 2.45) is 0 Å². The first-order chi connectivity index (χ1) is 13.3. The highest BCUT2D eigenvalue weighted by molar-refractivity contribution is 7.88. The van der Waals surface area contributed by atoms with Crippen molar-refractivity contribution in [3.63, 3.8) is 0 Å². The van der Waals surface area contributed by atoms with Gasteiger partial charge in [-0.15, -0.1) is 0 Å². The third kappa shape index (κ3) is 4.90. The lowest BCUT2D eigenvalue weighted by Crippen LogP contribution is -2.30. The number of nitrogens with zero attached hydrogens (tertiary/aromatic N) is 4. The fourth-order valence-electron chi connectivity index (χ4n) is 2.56. The normalized spacial score (nSPS) is 12.5. The van der Waals surface area contributed by atoms with Gasteiger partial charge in [0.25, 0.3) is 5.91 Å². The van der Waals surface area contributed by atoms with E-state index in [1.165, 1.54) is 18.6 Å². The SMILES string of the molecule is CS(=O)(=O)NCC(c1ccccc1)n1cc(NC(=O)c2nccnc2N)cn1. The monoisotopic (exact) mass is 401 g/mol. The molecule has 4 N–H and O–H groups in total. The molecular weight excluding hydrogens is 382 g/mol. The maximum atomic E-state index is 12.3. The lowest BCUT2D eigenvalue weighted by molar-refractivity contribution is 0.102. The Bertz CT molecular complexity index is 1070. The number of nitrogens with two attached hydrogens (primary N) is 1. The number of rotatable bonds is 7. The highest BCUT2D eigenvalue weighted by atomic mass is 32.2. The Kier molecular flexibility index (Phi) is 5.66. The molecule has 0 fully saturated rings. The van der Waals surface area contributed by atoms with Crippen molar-refractivity contribution in [1.29, 1.82) is 0 Å². The molecular formula is C17H19N7O3S. The molecule has 3 aromatic rings. The van der Waals surface area contributed by atoms with Gasteiger partial charge in [-0.3, -0.25) is 9.48 Å². The molecule has 0 aliphatic rings. The van der Waals surface area contributed by atoms with Crippen molar-refractivity contribution in [3.05, 3.63) is 66.4 Å². The molecule has 10 nitrogen and oxygen atoms in total. The number of nitrogens with one attached hydrogen (secondary N) is 2. The topological polar surface area (TPSA) is 145 Å². The average molecular weight is 401 g/mol. The lowest BCUT2D eigenvalue weighted by Gasteiger charge is -2.18. The third-order valence-corrected chi connectivity index (χ3v) is 4.53. The first-order valence-electron chi connectivity index (χ1n) is 8.25. The van der Waals surface area contributed by atoms with Gasteiger partial charge in [-0.25, -0.2) is 23.1 Å². The zero-order valence-electron chi connectivity index (χ0n) is 15.0. The zero-order valence-corrected chi connectivity index (χ0v) is 15.8. The molecule has 28 heavy (non-hydrogen) atoms. The molecule has 2 heterocycles. The van der Waals surface area contributed by atoms with Crippen molar-refractivity contribution in [2.75, 3.05) is 23.9 Å². The molecule has 0 aliphatic heterocycles. The van der Waals surface area contributed by atoms with Crippen molar-refractivity contribution in [3.8, 4) is 0 Å². The predicted octanol–water partition coefficient (Wildman–Crippen LogP) is 0.646. The number of carbonyl (C=O) groups is 1. The molecule has 0 aliphatic carbocycles. The molecule has 0 saturated heterocycles. The molecule has 1 unspecified atom stereocenters. The van der Waals surface area contributed by atoms with Crippen LogP contribution in [-0.4, -0.2) is 46.9 Å². The smallest absolute Gasteiger partial charge is 0.278 e. The minimum absolute atomic E-state index is 0.00797. The van der Waals surface area contributed by atoms with E-state index >= 15 is 0 Å². The van der Waals surface area contributed by atoms with Gasteiger partial charge in [-0.05, 0) is 5.56 Å². The third-order valence-electron chi connectivity index (χ3n) is 3.84. The van der Waals surface area contributed by atoms with Crippen LogP contribution in [0.25, 0.3) is 0 Å². The molecule has 1 amide bonds. The van der Waals surface area contributed by atoms with E-state index in [0.29, 0.717) is 5.69 Å². The van der Waals surface area contributed by atoms with E-state index < -0.39 is 22.0 Å². The lowest BCUT2D eigenvalue weighted by atomic mass is 10.1. The first-order valence-corrected chi connectivity index (χ1v) is 10.1. The van der Waals surface area contributed by atoms with Crippen LogP contribution >= 0.6 is 0 Å². The van der Waals surface area contributed by atoms with Gasteiger partial charge in [0, 0.05) is 25.1 Å². The molecule has 0 radical (unpaired) electrons. The van der Waals surface area contributed by atoms with Crippen LogP contribution in [-0.2, 0) is 10.0 Å². The van der Waals surface area contributed by atoms with E-state index in [4.69, 9.17) is 5.73 Å². The van der Waals surface area contributed by atoms with E-state index in [1.807, 2.05) is 30.3 Å². The minimum Gasteiger partial charge on any atom is -0.382 e. The van der Waals surface area contributed by atoms with Crippen molar-refractivity contribution >= 4 is 27.4 Å². The summed E-state index contributed by atoms with van der Waals surface area (Å²) in [6.07, 6.45) is 6.92. The maximum Gasteiger partial charge on any atom is 0.278 e. The summed E-state index contributed by atoms with van der Waals surface area (Å²) in [5.74, 6) is -0.498. The minimum atomic E-state index is -3.38. The number of anilines is 2. The van der Waals surface area contributed by atoms with Crippen LogP contribution < -0.4 is 15.8 Å². The second kappa shape index (κ2) is 8.15. The molecule has 3 rings (SSSR count). The predicted molar refractivity (Wildman–Crippen MR) is 104 cm³/mol. The van der Waals surface area contributed by atoms with Crippen molar-refractivity contribution in [1.82, 2.24) is 24.5 Å². The fourth-order valence-corrected chi connectivity index (χ4v) is 3.02. The van der Waals surface area contributed by atoms with Gasteiger partial charge in [-0.1, -0.05) is 30.3 Å². The summed E-state index contributed by atoms with van der Waals surface area (Å²) in [5, 5.41) is 6.92. The summed E-state index contributed by atoms with van der Waals surface area (Å²) in [6.45, 7) is 0.106. The number of nitrogen functional groups attached to an aromatic ring is 1. The number of aromatic nitrogens is 4. The van der Waals surface area contributed by atoms with Gasteiger partial charge in [-0.2, -0.15) is 5.10 Å². The van der Waals surface area contributed by atoms with Gasteiger partial charge in [0.05, 0.1) is 24.2 Å². The molecule has 0 saturated carbocycles. The summed E-state index contributed by atoms with van der Waals surface area (Å²) in [4.78, 5) is 20.1. The van der Waals surface area contributed by atoms with Crippen LogP contribution in [0.3, 0.4) is 0 Å². The van der Waals surface area contributed by atoms with Gasteiger partial charge < -0.3 is 11.1 Å². The van der Waals surface area contributed by atoms with E-state index in [2.05, 4.69) is 25.1 Å². The van der Waals surface area contributed by atoms with E-state index in [9.17, 15) is 13.2 Å². The summed E-state index contributed by atoms with van der Waals surface area (Å²) in [6, 6.07) is 8.91. The summed E-state index contributed by atoms with van der Waals surface area (Å²) in [7, 11) is -3.38. The Hall–Kier alpha value is -3.31. The molecule has 1 aromatic carbocycles. The van der Waals surface area contributed by atoms with Crippen LogP contribution in [0.15, 0.2) is 55.1 Å². The summed E-state index contributed by atoms with van der Waals surface area (Å²) in [5.41, 5.74) is 6.94. The fraction of sp³-hybridized carbons (Fsp3) is 0.176. The van der Waals surface area contributed by atoms with Gasteiger partial charge in [0.1, 0.15) is 0 Å². The molecule has 11 heteroatoms. The second-order valence-electron chi connectivity index (χ2n) is 6.00. The number of sulfonamides is 1. The first kappa shape index (κ1) is 19.5. The van der Waals surface area contributed by atoms with Crippen molar-refractivity contribution < 1.29 is 13.2 Å². The number of amides is 1. The average Bonchev–Trinajstić information content (AvgIpc) is 3.10. The molecule has 0 bridgehead atoms. The highest BCUT2D eigenvalue weighted by Gasteiger charge is 2.18. The van der Waals surface area contributed by atoms with E-state index in [0.717, 1.165) is 11.8 Å². The Balaban J connectivity index is 1.82. The summed E-state index contributed by atoms with van der Waals surface area (Å²) >= 11 is 0. The maximum absolute atomic E-state index is 12.3. The summed E-state index contributed by atoms with van der Waals surface area (Å²) < 4.78 is 27.1. The van der Waals surface area contributed by atoms with Gasteiger partial charge in [0.2, 0.25) is 10.0 Å². The van der Waals surface area contributed by atoms with Gasteiger partial charge >= 0.3 is 0 Å². The molecule has 2 aromatic heterocycles. The Labute approximate surface area is 161 Å². The largest absolute Gasteiger partial charge is 0.382 e. The second-order valence-corrected chi connectivity index (χ2v) is 7.83. The van der Waals surface area contributed by atoms with E-state index in [-0.39, 0.29) is 18.1 Å². The number of hydrogen-bond acceptors (Lipinski definition) is 7. The van der Waals surface area contributed by atoms with E-state index in [1.54, 1.807) is 10.9 Å². The Morgan fingerprint density at radius 3 is 2.61 bits per heavy atom. The Morgan fingerprint density at radius 1 is 1.21 bits per heavy atom.